The first-order valence-corrected chi connectivity index (χ1v) is 7.79. The summed E-state index contributed by atoms with van der Waals surface area (Å²) in [6, 6.07) is 1.92. The number of ether oxygens (including phenoxy) is 1. The van der Waals surface area contributed by atoms with E-state index < -0.39 is 5.60 Å². The predicted octanol–water partition coefficient (Wildman–Crippen LogP) is 3.19. The minimum Gasteiger partial charge on any atom is -0.369 e. The molecule has 0 N–H and O–H groups in total. The molecule has 0 spiro atoms. The Bertz CT molecular complexity index is 644. The summed E-state index contributed by atoms with van der Waals surface area (Å²) in [5.41, 5.74) is 1.90. The maximum atomic E-state index is 12.9. The third kappa shape index (κ3) is 1.90. The number of rotatable bonds is 2. The van der Waals surface area contributed by atoms with Crippen LogP contribution in [-0.4, -0.2) is 28.4 Å². The van der Waals surface area contributed by atoms with E-state index in [-0.39, 0.29) is 5.91 Å². The fraction of sp³-hybridized carbons (Fsp3) is 0.467. The lowest BCUT2D eigenvalue weighted by molar-refractivity contribution is 0.0349. The molecule has 0 saturated heterocycles. The molecule has 0 aromatic carbocycles. The molecule has 4 rings (SSSR count). The summed E-state index contributed by atoms with van der Waals surface area (Å²) in [5, 5.41) is 4.32. The zero-order valence-electron chi connectivity index (χ0n) is 11.8. The Hall–Kier alpha value is -0.950. The van der Waals surface area contributed by atoms with Crippen LogP contribution < -0.4 is 0 Å². The monoisotopic (exact) mass is 384 g/mol. The Morgan fingerprint density at radius 3 is 2.80 bits per heavy atom. The van der Waals surface area contributed by atoms with Crippen LogP contribution in [0.4, 0.5) is 0 Å². The minimum absolute atomic E-state index is 0.0594. The highest BCUT2D eigenvalue weighted by molar-refractivity contribution is 14.1. The van der Waals surface area contributed by atoms with Gasteiger partial charge in [0.25, 0.3) is 5.91 Å². The van der Waals surface area contributed by atoms with Crippen molar-refractivity contribution in [1.82, 2.24) is 9.78 Å². The van der Waals surface area contributed by atoms with E-state index in [1.807, 2.05) is 26.0 Å². The molecule has 2 atom stereocenters. The van der Waals surface area contributed by atoms with Crippen LogP contribution >= 0.6 is 22.6 Å². The first kappa shape index (κ1) is 14.0. The number of methoxy groups -OCH3 is 1. The van der Waals surface area contributed by atoms with Crippen molar-refractivity contribution in [1.29, 1.82) is 0 Å². The average Bonchev–Trinajstić information content (AvgIpc) is 2.78. The van der Waals surface area contributed by atoms with E-state index in [1.54, 1.807) is 7.11 Å². The topological polar surface area (TPSA) is 44.1 Å². The third-order valence-corrected chi connectivity index (χ3v) is 5.53. The number of aromatic nitrogens is 2. The standard InChI is InChI=1S/C15H17IN2O2/c1-9-8-10(2)18(17-9)14(19)12-13(16)11-4-6-15(12,20-3)7-5-11/h4,6,8,11H,5,7H2,1-3H3/t11-,15-/m1/s1. The lowest BCUT2D eigenvalue weighted by Gasteiger charge is -2.42. The van der Waals surface area contributed by atoms with Crippen molar-refractivity contribution in [3.8, 4) is 0 Å². The van der Waals surface area contributed by atoms with Gasteiger partial charge in [0.1, 0.15) is 5.60 Å². The fourth-order valence-electron chi connectivity index (χ4n) is 3.12. The van der Waals surface area contributed by atoms with Gasteiger partial charge in [-0.2, -0.15) is 5.10 Å². The average molecular weight is 384 g/mol. The second-order valence-electron chi connectivity index (χ2n) is 5.46. The molecular weight excluding hydrogens is 367 g/mol. The SMILES string of the molecule is CO[C@]12C=C[C@H](CC1)C(I)=C2C(=O)n1nc(C)cc1C. The van der Waals surface area contributed by atoms with Crippen molar-refractivity contribution in [3.05, 3.63) is 38.8 Å². The highest BCUT2D eigenvalue weighted by Crippen LogP contribution is 2.48. The van der Waals surface area contributed by atoms with E-state index in [0.29, 0.717) is 5.92 Å². The number of carbonyl (C=O) groups is 1. The Balaban J connectivity index is 2.11. The predicted molar refractivity (Wildman–Crippen MR) is 85.0 cm³/mol. The maximum Gasteiger partial charge on any atom is 0.278 e. The number of halogens is 1. The van der Waals surface area contributed by atoms with Crippen LogP contribution in [0.3, 0.4) is 0 Å². The second-order valence-corrected chi connectivity index (χ2v) is 6.63. The highest BCUT2D eigenvalue weighted by atomic mass is 127. The lowest BCUT2D eigenvalue weighted by Crippen LogP contribution is -2.44. The Morgan fingerprint density at radius 2 is 2.30 bits per heavy atom. The minimum atomic E-state index is -0.575. The van der Waals surface area contributed by atoms with Gasteiger partial charge in [-0.1, -0.05) is 12.2 Å². The third-order valence-electron chi connectivity index (χ3n) is 4.19. The first-order valence-electron chi connectivity index (χ1n) is 6.71. The van der Waals surface area contributed by atoms with E-state index in [9.17, 15) is 4.79 Å². The van der Waals surface area contributed by atoms with E-state index in [2.05, 4.69) is 33.8 Å². The molecule has 1 aromatic rings. The fourth-order valence-corrected chi connectivity index (χ4v) is 4.33. The van der Waals surface area contributed by atoms with Gasteiger partial charge in [0.15, 0.2) is 0 Å². The number of hydrogen-bond donors (Lipinski definition) is 0. The number of aryl methyl sites for hydroxylation is 2. The summed E-state index contributed by atoms with van der Waals surface area (Å²) in [5.74, 6) is 0.291. The lowest BCUT2D eigenvalue weighted by atomic mass is 9.72. The summed E-state index contributed by atoms with van der Waals surface area (Å²) in [6.07, 6.45) is 6.10. The summed E-state index contributed by atoms with van der Waals surface area (Å²) in [7, 11) is 1.67. The molecule has 3 aliphatic carbocycles. The van der Waals surface area contributed by atoms with Crippen LogP contribution in [0.1, 0.15) is 29.0 Å². The number of hydrogen-bond acceptors (Lipinski definition) is 3. The normalized spacial score (nSPS) is 28.3. The molecule has 2 bridgehead atoms. The molecule has 0 amide bonds. The van der Waals surface area contributed by atoms with E-state index in [4.69, 9.17) is 4.74 Å². The molecule has 106 valence electrons. The van der Waals surface area contributed by atoms with Crippen molar-refractivity contribution in [2.75, 3.05) is 7.11 Å². The number of nitrogens with zero attached hydrogens (tertiary/aromatic N) is 2. The molecule has 20 heavy (non-hydrogen) atoms. The summed E-state index contributed by atoms with van der Waals surface area (Å²) < 4.78 is 8.32. The van der Waals surface area contributed by atoms with Crippen LogP contribution in [0.2, 0.25) is 0 Å². The van der Waals surface area contributed by atoms with Gasteiger partial charge in [-0.05, 0) is 55.3 Å². The number of carbonyl (C=O) groups excluding carboxylic acids is 1. The van der Waals surface area contributed by atoms with Crippen LogP contribution in [-0.2, 0) is 4.74 Å². The van der Waals surface area contributed by atoms with Gasteiger partial charge in [0.05, 0.1) is 11.3 Å². The molecule has 1 heterocycles. The summed E-state index contributed by atoms with van der Waals surface area (Å²) in [6.45, 7) is 3.80. The molecule has 1 aromatic heterocycles. The molecule has 4 nitrogen and oxygen atoms in total. The maximum absolute atomic E-state index is 12.9. The molecule has 5 heteroatoms. The van der Waals surface area contributed by atoms with Crippen LogP contribution in [0.15, 0.2) is 27.4 Å². The van der Waals surface area contributed by atoms with Gasteiger partial charge in [-0.25, -0.2) is 4.68 Å². The summed E-state index contributed by atoms with van der Waals surface area (Å²) >= 11 is 2.29. The van der Waals surface area contributed by atoms with E-state index in [0.717, 1.165) is 33.4 Å². The molecule has 0 saturated carbocycles. The molecule has 3 aliphatic rings. The summed E-state index contributed by atoms with van der Waals surface area (Å²) in [4.78, 5) is 12.9. The highest BCUT2D eigenvalue weighted by Gasteiger charge is 2.46. The second kappa shape index (κ2) is 4.80. The number of allylic oxidation sites excluding steroid dienone is 2. The molecular formula is C15H17IN2O2. The van der Waals surface area contributed by atoms with Crippen LogP contribution in [0.25, 0.3) is 0 Å². The van der Waals surface area contributed by atoms with Crippen molar-refractivity contribution in [2.24, 2.45) is 5.92 Å². The van der Waals surface area contributed by atoms with E-state index in [1.165, 1.54) is 4.68 Å². The van der Waals surface area contributed by atoms with Crippen molar-refractivity contribution < 1.29 is 9.53 Å². The van der Waals surface area contributed by atoms with Gasteiger partial charge in [0.2, 0.25) is 0 Å². The first-order chi connectivity index (χ1) is 9.48. The Morgan fingerprint density at radius 1 is 1.55 bits per heavy atom. The van der Waals surface area contributed by atoms with Crippen molar-refractivity contribution in [2.45, 2.75) is 32.3 Å². The van der Waals surface area contributed by atoms with Crippen LogP contribution in [0.5, 0.6) is 0 Å². The largest absolute Gasteiger partial charge is 0.369 e. The van der Waals surface area contributed by atoms with Crippen LogP contribution in [0, 0.1) is 19.8 Å². The molecule has 0 unspecified atom stereocenters. The van der Waals surface area contributed by atoms with E-state index >= 15 is 0 Å². The van der Waals surface area contributed by atoms with Gasteiger partial charge >= 0.3 is 0 Å². The molecule has 0 radical (unpaired) electrons. The van der Waals surface area contributed by atoms with Gasteiger partial charge in [-0.15, -0.1) is 0 Å². The quantitative estimate of drug-likeness (QED) is 0.581. The zero-order valence-corrected chi connectivity index (χ0v) is 14.0. The van der Waals surface area contributed by atoms with Gasteiger partial charge in [0, 0.05) is 22.3 Å². The smallest absolute Gasteiger partial charge is 0.278 e. The van der Waals surface area contributed by atoms with Crippen molar-refractivity contribution in [3.63, 3.8) is 0 Å². The van der Waals surface area contributed by atoms with Crippen molar-refractivity contribution >= 4 is 28.5 Å². The Kier molecular flexibility index (Phi) is 3.36. The molecule has 0 fully saturated rings. The Labute approximate surface area is 132 Å². The molecule has 0 aliphatic heterocycles. The van der Waals surface area contributed by atoms with Gasteiger partial charge in [-0.3, -0.25) is 4.79 Å². The van der Waals surface area contributed by atoms with Gasteiger partial charge < -0.3 is 4.74 Å². The zero-order chi connectivity index (χ0) is 14.5. The number of fused-ring (bicyclic) bond motifs is 1.